The molecule has 3 aromatic rings. The molecule has 1 aromatic carbocycles. The second kappa shape index (κ2) is 5.21. The van der Waals surface area contributed by atoms with E-state index in [9.17, 15) is 9.90 Å². The zero-order valence-corrected chi connectivity index (χ0v) is 13.8. The molecule has 1 amide bonds. The van der Waals surface area contributed by atoms with E-state index in [0.717, 1.165) is 16.8 Å². The van der Waals surface area contributed by atoms with E-state index >= 15 is 0 Å². The van der Waals surface area contributed by atoms with Crippen LogP contribution in [0.15, 0.2) is 42.9 Å². The molecule has 1 N–H and O–H groups in total. The van der Waals surface area contributed by atoms with Crippen LogP contribution in [0, 0.1) is 6.92 Å². The van der Waals surface area contributed by atoms with E-state index in [4.69, 9.17) is 0 Å². The highest BCUT2D eigenvalue weighted by Crippen LogP contribution is 2.34. The number of likely N-dealkylation sites (tertiary alicyclic amines) is 1. The topological polar surface area (TPSA) is 62.8 Å². The number of aliphatic hydroxyl groups is 1. The summed E-state index contributed by atoms with van der Waals surface area (Å²) in [5.74, 6) is -0.0868. The molecule has 1 saturated heterocycles. The number of carbonyl (C=O) groups is 1. The van der Waals surface area contributed by atoms with Crippen molar-refractivity contribution in [2.75, 3.05) is 13.1 Å². The lowest BCUT2D eigenvalue weighted by Gasteiger charge is -2.25. The third-order valence-corrected chi connectivity index (χ3v) is 4.95. The molecular formula is C18H20N4O2. The molecule has 0 saturated carbocycles. The molecule has 1 fully saturated rings. The number of aryl methyl sites for hydroxylation is 2. The van der Waals surface area contributed by atoms with Gasteiger partial charge >= 0.3 is 0 Å². The van der Waals surface area contributed by atoms with E-state index in [0.29, 0.717) is 25.1 Å². The molecule has 0 radical (unpaired) electrons. The third kappa shape index (κ3) is 2.14. The second-order valence-corrected chi connectivity index (χ2v) is 6.56. The van der Waals surface area contributed by atoms with Gasteiger partial charge in [-0.25, -0.2) is 4.52 Å². The van der Waals surface area contributed by atoms with Crippen molar-refractivity contribution in [3.8, 4) is 0 Å². The Morgan fingerprint density at radius 2 is 2.08 bits per heavy atom. The zero-order valence-electron chi connectivity index (χ0n) is 13.8. The Morgan fingerprint density at radius 1 is 1.29 bits per heavy atom. The number of β-amino-alcohol motifs (C(OH)–C–C–N with tert-alkyl or cyclic N) is 1. The first kappa shape index (κ1) is 15.0. The highest BCUT2D eigenvalue weighted by atomic mass is 16.3. The summed E-state index contributed by atoms with van der Waals surface area (Å²) < 4.78 is 3.57. The highest BCUT2D eigenvalue weighted by molar-refractivity contribution is 6.00. The molecule has 0 spiro atoms. The predicted octanol–water partition coefficient (Wildman–Crippen LogP) is 1.71. The van der Waals surface area contributed by atoms with Gasteiger partial charge in [0.1, 0.15) is 16.8 Å². The van der Waals surface area contributed by atoms with E-state index in [1.165, 1.54) is 0 Å². The van der Waals surface area contributed by atoms with Crippen LogP contribution in [0.25, 0.3) is 5.65 Å². The molecule has 0 unspecified atom stereocenters. The number of fused-ring (bicyclic) bond motifs is 1. The van der Waals surface area contributed by atoms with Crippen LogP contribution < -0.4 is 0 Å². The first-order valence-corrected chi connectivity index (χ1v) is 8.06. The standard InChI is InChI=1S/C18H20N4O2/c1-13-5-3-4-6-15(13)18(24)7-8-21(12-18)17(23)14-11-19-22-10-9-20(2)16(14)22/h3-6,9-11,24H,7-8,12H2,1-2H3/t18-/m1/s1. The van der Waals surface area contributed by atoms with Gasteiger partial charge in [-0.05, 0) is 24.5 Å². The van der Waals surface area contributed by atoms with E-state index in [1.807, 2.05) is 55.2 Å². The SMILES string of the molecule is Cc1ccccc1[C@@]1(O)CCN(C(=O)c2cnn3ccn(C)c23)C1. The molecule has 124 valence electrons. The summed E-state index contributed by atoms with van der Waals surface area (Å²) in [6, 6.07) is 7.82. The molecule has 24 heavy (non-hydrogen) atoms. The average Bonchev–Trinajstić information content (AvgIpc) is 3.25. The number of hydrogen-bond donors (Lipinski definition) is 1. The van der Waals surface area contributed by atoms with Crippen molar-refractivity contribution < 1.29 is 9.90 Å². The molecule has 1 aliphatic heterocycles. The number of hydrogen-bond acceptors (Lipinski definition) is 3. The fourth-order valence-electron chi connectivity index (χ4n) is 3.65. The zero-order chi connectivity index (χ0) is 16.9. The minimum absolute atomic E-state index is 0.0868. The van der Waals surface area contributed by atoms with Gasteiger partial charge in [-0.1, -0.05) is 24.3 Å². The average molecular weight is 324 g/mol. The van der Waals surface area contributed by atoms with Gasteiger partial charge in [-0.2, -0.15) is 5.10 Å². The molecule has 1 atom stereocenters. The quantitative estimate of drug-likeness (QED) is 0.781. The summed E-state index contributed by atoms with van der Waals surface area (Å²) in [5, 5.41) is 15.3. The Bertz CT molecular complexity index is 926. The number of rotatable bonds is 2. The molecule has 2 aromatic heterocycles. The van der Waals surface area contributed by atoms with Gasteiger partial charge < -0.3 is 14.6 Å². The summed E-state index contributed by atoms with van der Waals surface area (Å²) in [4.78, 5) is 14.6. The fraction of sp³-hybridized carbons (Fsp3) is 0.333. The molecule has 4 rings (SSSR count). The van der Waals surface area contributed by atoms with Crippen LogP contribution in [-0.2, 0) is 12.6 Å². The Morgan fingerprint density at radius 3 is 2.88 bits per heavy atom. The van der Waals surface area contributed by atoms with Gasteiger partial charge in [0.25, 0.3) is 5.91 Å². The lowest BCUT2D eigenvalue weighted by atomic mass is 9.89. The summed E-state index contributed by atoms with van der Waals surface area (Å²) >= 11 is 0. The fourth-order valence-corrected chi connectivity index (χ4v) is 3.65. The normalized spacial score (nSPS) is 20.9. The van der Waals surface area contributed by atoms with Crippen LogP contribution in [0.1, 0.15) is 27.9 Å². The summed E-state index contributed by atoms with van der Waals surface area (Å²) in [6.45, 7) is 2.83. The largest absolute Gasteiger partial charge is 0.383 e. The van der Waals surface area contributed by atoms with Gasteiger partial charge in [0.05, 0.1) is 12.7 Å². The highest BCUT2D eigenvalue weighted by Gasteiger charge is 2.41. The summed E-state index contributed by atoms with van der Waals surface area (Å²) in [5.41, 5.74) is 2.30. The van der Waals surface area contributed by atoms with Crippen molar-refractivity contribution in [1.82, 2.24) is 19.1 Å². The Labute approximate surface area is 139 Å². The van der Waals surface area contributed by atoms with E-state index < -0.39 is 5.60 Å². The number of amides is 1. The Hall–Kier alpha value is -2.60. The van der Waals surface area contributed by atoms with Gasteiger partial charge in [0.15, 0.2) is 0 Å². The summed E-state index contributed by atoms with van der Waals surface area (Å²) in [6.07, 6.45) is 5.83. The second-order valence-electron chi connectivity index (χ2n) is 6.56. The number of carbonyl (C=O) groups excluding carboxylic acids is 1. The van der Waals surface area contributed by atoms with Crippen LogP contribution in [-0.4, -0.2) is 43.2 Å². The van der Waals surface area contributed by atoms with E-state index in [-0.39, 0.29) is 5.91 Å². The van der Waals surface area contributed by atoms with Crippen LogP contribution >= 0.6 is 0 Å². The molecule has 6 nitrogen and oxygen atoms in total. The Kier molecular flexibility index (Phi) is 3.25. The van der Waals surface area contributed by atoms with Crippen molar-refractivity contribution >= 4 is 11.6 Å². The number of nitrogens with zero attached hydrogens (tertiary/aromatic N) is 4. The first-order valence-electron chi connectivity index (χ1n) is 8.06. The molecule has 3 heterocycles. The van der Waals surface area contributed by atoms with Gasteiger partial charge in [0, 0.05) is 26.0 Å². The maximum Gasteiger partial charge on any atom is 0.259 e. The van der Waals surface area contributed by atoms with Crippen LogP contribution in [0.5, 0.6) is 0 Å². The smallest absolute Gasteiger partial charge is 0.259 e. The van der Waals surface area contributed by atoms with E-state index in [2.05, 4.69) is 5.10 Å². The lowest BCUT2D eigenvalue weighted by molar-refractivity contribution is 0.0413. The summed E-state index contributed by atoms with van der Waals surface area (Å²) in [7, 11) is 1.89. The van der Waals surface area contributed by atoms with Crippen LogP contribution in [0.4, 0.5) is 0 Å². The molecule has 0 aliphatic carbocycles. The number of imidazole rings is 1. The first-order chi connectivity index (χ1) is 11.5. The van der Waals surface area contributed by atoms with Crippen LogP contribution in [0.2, 0.25) is 0 Å². The monoisotopic (exact) mass is 324 g/mol. The number of benzene rings is 1. The number of aromatic nitrogens is 3. The van der Waals surface area contributed by atoms with Gasteiger partial charge in [0.2, 0.25) is 0 Å². The van der Waals surface area contributed by atoms with Gasteiger partial charge in [-0.15, -0.1) is 0 Å². The van der Waals surface area contributed by atoms with Crippen molar-refractivity contribution in [3.63, 3.8) is 0 Å². The minimum atomic E-state index is -0.985. The minimum Gasteiger partial charge on any atom is -0.383 e. The van der Waals surface area contributed by atoms with Crippen molar-refractivity contribution in [3.05, 3.63) is 59.5 Å². The lowest BCUT2D eigenvalue weighted by Crippen LogP contribution is -2.34. The van der Waals surface area contributed by atoms with Crippen molar-refractivity contribution in [1.29, 1.82) is 0 Å². The Balaban J connectivity index is 1.64. The third-order valence-electron chi connectivity index (χ3n) is 4.95. The predicted molar refractivity (Wildman–Crippen MR) is 89.8 cm³/mol. The van der Waals surface area contributed by atoms with Crippen LogP contribution in [0.3, 0.4) is 0 Å². The van der Waals surface area contributed by atoms with Crippen molar-refractivity contribution in [2.45, 2.75) is 18.9 Å². The molecule has 0 bridgehead atoms. The van der Waals surface area contributed by atoms with Gasteiger partial charge in [-0.3, -0.25) is 4.79 Å². The van der Waals surface area contributed by atoms with E-state index in [1.54, 1.807) is 15.6 Å². The van der Waals surface area contributed by atoms with Crippen molar-refractivity contribution in [2.24, 2.45) is 7.05 Å². The molecule has 1 aliphatic rings. The maximum absolute atomic E-state index is 12.9. The maximum atomic E-state index is 12.9. The molecule has 6 heteroatoms. The molecular weight excluding hydrogens is 304 g/mol.